The normalized spacial score (nSPS) is 12.3. The number of benzene rings is 2. The van der Waals surface area contributed by atoms with Gasteiger partial charge in [0.05, 0.1) is 14.1 Å². The van der Waals surface area contributed by atoms with E-state index in [1.807, 2.05) is 0 Å². The molecule has 2 heteroatoms. The van der Waals surface area contributed by atoms with Crippen LogP contribution in [0.1, 0.15) is 133 Å². The maximum Gasteiger partial charge on any atom is 0.114 e. The molecule has 2 rings (SSSR count). The van der Waals surface area contributed by atoms with Gasteiger partial charge in [0.1, 0.15) is 12.6 Å². The molecule has 0 bridgehead atoms. The minimum Gasteiger partial charge on any atom is -1.00 e. The highest BCUT2D eigenvalue weighted by atomic mass is 35.5. The van der Waals surface area contributed by atoms with Crippen LogP contribution in [0.2, 0.25) is 0 Å². The summed E-state index contributed by atoms with van der Waals surface area (Å²) in [5.74, 6) is 0. The summed E-state index contributed by atoms with van der Waals surface area (Å²) in [6, 6.07) is 22.8. The summed E-state index contributed by atoms with van der Waals surface area (Å²) >= 11 is 0. The molecule has 0 heterocycles. The van der Waals surface area contributed by atoms with Gasteiger partial charge in [-0.3, -0.25) is 0 Å². The first-order chi connectivity index (χ1) is 17.1. The quantitative estimate of drug-likeness (QED) is 0.119. The molecule has 0 aliphatic carbocycles. The summed E-state index contributed by atoms with van der Waals surface area (Å²) in [6.45, 7) is 3.38. The maximum atomic E-state index is 2.41. The van der Waals surface area contributed by atoms with E-state index in [0.717, 1.165) is 11.0 Å². The van der Waals surface area contributed by atoms with Crippen molar-refractivity contribution in [2.75, 3.05) is 14.1 Å². The van der Waals surface area contributed by atoms with Crippen LogP contribution in [0.5, 0.6) is 0 Å². The van der Waals surface area contributed by atoms with Crippen LogP contribution >= 0.6 is 0 Å². The van der Waals surface area contributed by atoms with Crippen LogP contribution in [0.4, 0.5) is 0 Å². The third-order valence-corrected chi connectivity index (χ3v) is 7.79. The Hall–Kier alpha value is -1.31. The Morgan fingerprint density at radius 1 is 0.528 bits per heavy atom. The fourth-order valence-electron chi connectivity index (χ4n) is 5.64. The number of quaternary nitrogens is 1. The molecule has 0 saturated heterocycles. The van der Waals surface area contributed by atoms with Crippen molar-refractivity contribution in [1.82, 2.24) is 0 Å². The molecule has 0 radical (unpaired) electrons. The van der Waals surface area contributed by atoms with Gasteiger partial charge in [0.2, 0.25) is 0 Å². The lowest BCUT2D eigenvalue weighted by molar-refractivity contribution is -0.934. The fourth-order valence-corrected chi connectivity index (χ4v) is 5.64. The molecule has 0 amide bonds. The van der Waals surface area contributed by atoms with Crippen LogP contribution in [-0.2, 0) is 6.54 Å². The van der Waals surface area contributed by atoms with Gasteiger partial charge in [-0.05, 0) is 6.42 Å². The highest BCUT2D eigenvalue weighted by Gasteiger charge is 2.29. The van der Waals surface area contributed by atoms with Crippen LogP contribution in [0.15, 0.2) is 60.7 Å². The van der Waals surface area contributed by atoms with E-state index in [2.05, 4.69) is 81.7 Å². The Balaban J connectivity index is 0.00000648. The van der Waals surface area contributed by atoms with Crippen LogP contribution in [-0.4, -0.2) is 18.6 Å². The van der Waals surface area contributed by atoms with Crippen molar-refractivity contribution in [3.63, 3.8) is 0 Å². The predicted molar refractivity (Wildman–Crippen MR) is 156 cm³/mol. The molecule has 0 aliphatic heterocycles. The number of halogens is 1. The number of unbranched alkanes of at least 4 members (excludes halogenated alkanes) is 15. The fraction of sp³-hybridized carbons (Fsp3) is 0.647. The smallest absolute Gasteiger partial charge is 0.114 e. The summed E-state index contributed by atoms with van der Waals surface area (Å²) in [5, 5.41) is 0. The van der Waals surface area contributed by atoms with E-state index in [4.69, 9.17) is 0 Å². The van der Waals surface area contributed by atoms with Gasteiger partial charge in [-0.15, -0.1) is 0 Å². The SMILES string of the molecule is CCCCCCCCCCCCCCCCCCC(c1ccccc1)[N+](C)(C)Cc1ccccc1.[Cl-]. The zero-order chi connectivity index (χ0) is 25.0. The van der Waals surface area contributed by atoms with Crippen molar-refractivity contribution < 1.29 is 16.9 Å². The summed E-state index contributed by atoms with van der Waals surface area (Å²) in [4.78, 5) is 0. The molecule has 204 valence electrons. The number of hydrogen-bond donors (Lipinski definition) is 0. The van der Waals surface area contributed by atoms with Crippen LogP contribution in [0.3, 0.4) is 0 Å². The zero-order valence-electron chi connectivity index (χ0n) is 23.9. The first kappa shape index (κ1) is 32.7. The zero-order valence-corrected chi connectivity index (χ0v) is 24.7. The van der Waals surface area contributed by atoms with Crippen molar-refractivity contribution in [3.05, 3.63) is 71.8 Å². The second kappa shape index (κ2) is 20.7. The lowest BCUT2D eigenvalue weighted by Gasteiger charge is -2.39. The Kier molecular flexibility index (Phi) is 18.8. The third-order valence-electron chi connectivity index (χ3n) is 7.79. The van der Waals surface area contributed by atoms with Crippen molar-refractivity contribution in [2.24, 2.45) is 0 Å². The lowest BCUT2D eigenvalue weighted by atomic mass is 9.96. The number of hydrogen-bond acceptors (Lipinski definition) is 0. The summed E-state index contributed by atoms with van der Waals surface area (Å²) in [6.07, 6.45) is 24.2. The first-order valence-corrected chi connectivity index (χ1v) is 15.0. The average molecular weight is 514 g/mol. The van der Waals surface area contributed by atoms with Crippen LogP contribution in [0, 0.1) is 0 Å². The van der Waals surface area contributed by atoms with Crippen LogP contribution in [0.25, 0.3) is 0 Å². The molecule has 0 aliphatic rings. The Labute approximate surface area is 231 Å². The topological polar surface area (TPSA) is 0 Å². The molecular weight excluding hydrogens is 458 g/mol. The molecule has 1 atom stereocenters. The molecule has 0 aromatic heterocycles. The Bertz CT molecular complexity index is 727. The van der Waals surface area contributed by atoms with Gasteiger partial charge in [-0.25, -0.2) is 0 Å². The van der Waals surface area contributed by atoms with E-state index in [1.54, 1.807) is 0 Å². The highest BCUT2D eigenvalue weighted by molar-refractivity contribution is 5.18. The van der Waals surface area contributed by atoms with Gasteiger partial charge in [-0.1, -0.05) is 164 Å². The Morgan fingerprint density at radius 2 is 0.917 bits per heavy atom. The summed E-state index contributed by atoms with van der Waals surface area (Å²) in [5.41, 5.74) is 2.93. The van der Waals surface area contributed by atoms with Crippen molar-refractivity contribution in [1.29, 1.82) is 0 Å². The molecule has 1 nitrogen and oxygen atoms in total. The van der Waals surface area contributed by atoms with Crippen LogP contribution < -0.4 is 12.4 Å². The van der Waals surface area contributed by atoms with Gasteiger partial charge in [0.15, 0.2) is 0 Å². The standard InChI is InChI=1S/C34H56N.ClH/c1-4-5-6-7-8-9-10-11-12-13-14-15-16-17-18-25-30-34(33-28-23-20-24-29-33)35(2,3)31-32-26-21-19-22-27-32;/h19-24,26-29,34H,4-18,25,30-31H2,1-3H3;1H/q+1;/p-1. The molecular formula is C34H56ClN. The van der Waals surface area contributed by atoms with Crippen molar-refractivity contribution in [2.45, 2.75) is 129 Å². The average Bonchev–Trinajstić information content (AvgIpc) is 2.86. The van der Waals surface area contributed by atoms with E-state index >= 15 is 0 Å². The largest absolute Gasteiger partial charge is 1.00 e. The minimum absolute atomic E-state index is 0. The first-order valence-electron chi connectivity index (χ1n) is 15.0. The van der Waals surface area contributed by atoms with Crippen molar-refractivity contribution >= 4 is 0 Å². The summed E-state index contributed by atoms with van der Waals surface area (Å²) < 4.78 is 1.02. The molecule has 2 aromatic carbocycles. The van der Waals surface area contributed by atoms with E-state index in [-0.39, 0.29) is 12.4 Å². The number of nitrogens with zero attached hydrogens (tertiary/aromatic N) is 1. The maximum absolute atomic E-state index is 2.41. The van der Waals surface area contributed by atoms with Gasteiger partial charge < -0.3 is 16.9 Å². The van der Waals surface area contributed by atoms with E-state index in [9.17, 15) is 0 Å². The lowest BCUT2D eigenvalue weighted by Crippen LogP contribution is -3.00. The molecule has 0 spiro atoms. The third kappa shape index (κ3) is 14.4. The Morgan fingerprint density at radius 3 is 1.36 bits per heavy atom. The van der Waals surface area contributed by atoms with E-state index < -0.39 is 0 Å². The summed E-state index contributed by atoms with van der Waals surface area (Å²) in [7, 11) is 4.83. The molecule has 36 heavy (non-hydrogen) atoms. The van der Waals surface area contributed by atoms with E-state index in [0.29, 0.717) is 6.04 Å². The highest BCUT2D eigenvalue weighted by Crippen LogP contribution is 2.32. The minimum atomic E-state index is 0. The second-order valence-electron chi connectivity index (χ2n) is 11.4. The second-order valence-corrected chi connectivity index (χ2v) is 11.4. The van der Waals surface area contributed by atoms with Crippen molar-refractivity contribution in [3.8, 4) is 0 Å². The predicted octanol–water partition coefficient (Wildman–Crippen LogP) is 7.66. The molecule has 2 aromatic rings. The van der Waals surface area contributed by atoms with E-state index in [1.165, 1.54) is 120 Å². The molecule has 1 unspecified atom stereocenters. The number of rotatable bonds is 21. The van der Waals surface area contributed by atoms with Gasteiger partial charge in [0.25, 0.3) is 0 Å². The van der Waals surface area contributed by atoms with Gasteiger partial charge in [-0.2, -0.15) is 0 Å². The molecule has 0 saturated carbocycles. The van der Waals surface area contributed by atoms with Gasteiger partial charge >= 0.3 is 0 Å². The molecule has 0 N–H and O–H groups in total. The molecule has 0 fully saturated rings. The monoisotopic (exact) mass is 513 g/mol. The van der Waals surface area contributed by atoms with Gasteiger partial charge in [0, 0.05) is 17.5 Å².